The van der Waals surface area contributed by atoms with Crippen LogP contribution in [-0.2, 0) is 11.8 Å². The number of carbonyl (C=O) groups is 1. The molecule has 6 rings (SSSR count). The SMILES string of the molecule is C=CC(=O)N1CCC(N2CC(C#Cc3c(-c4ccc(Oc5cccc(C)n5)c(OC)c4)c4c(N)ncnc4n3C)C2)CC1. The van der Waals surface area contributed by atoms with Gasteiger partial charge in [-0.15, -0.1) is 0 Å². The van der Waals surface area contributed by atoms with Crippen LogP contribution in [-0.4, -0.2) is 74.6 Å². The Balaban J connectivity index is 1.27. The standard InChI is InChI=1S/C33H35N7O3/c1-5-29(41)39-15-13-24(14-16-39)40-18-22(19-40)9-11-25-30(31-32(34)35-20-36-33(31)38(25)3)23-10-12-26(27(17-23)42-4)43-28-8-6-7-21(2)37-28/h5-8,10,12,17,20,22,24H,1,13-16,18-19H2,2-4H3,(H2,34,35,36). The van der Waals surface area contributed by atoms with Crippen molar-refractivity contribution in [3.8, 4) is 40.3 Å². The summed E-state index contributed by atoms with van der Waals surface area (Å²) in [5.41, 5.74) is 10.5. The molecular weight excluding hydrogens is 542 g/mol. The zero-order valence-corrected chi connectivity index (χ0v) is 24.7. The summed E-state index contributed by atoms with van der Waals surface area (Å²) < 4.78 is 13.8. The molecule has 4 aromatic rings. The van der Waals surface area contributed by atoms with Gasteiger partial charge in [-0.1, -0.05) is 24.6 Å². The molecule has 1 amide bonds. The number of ether oxygens (including phenoxy) is 2. The Labute approximate surface area is 251 Å². The molecule has 0 saturated carbocycles. The number of likely N-dealkylation sites (tertiary alicyclic amines) is 2. The number of hydrogen-bond acceptors (Lipinski definition) is 8. The van der Waals surface area contributed by atoms with Crippen molar-refractivity contribution in [1.29, 1.82) is 0 Å². The highest BCUT2D eigenvalue weighted by Gasteiger charge is 2.34. The molecule has 0 radical (unpaired) electrons. The fourth-order valence-corrected chi connectivity index (χ4v) is 5.95. The van der Waals surface area contributed by atoms with Crippen molar-refractivity contribution in [3.05, 3.63) is 66.8 Å². The van der Waals surface area contributed by atoms with Crippen molar-refractivity contribution >= 4 is 22.8 Å². The maximum Gasteiger partial charge on any atom is 0.245 e. The van der Waals surface area contributed by atoms with Crippen molar-refractivity contribution in [1.82, 2.24) is 29.3 Å². The molecule has 2 saturated heterocycles. The molecule has 0 bridgehead atoms. The molecule has 0 atom stereocenters. The topological polar surface area (TPSA) is 112 Å². The maximum absolute atomic E-state index is 11.9. The number of carbonyl (C=O) groups excluding carboxylic acids is 1. The minimum atomic E-state index is 0.0185. The first-order valence-corrected chi connectivity index (χ1v) is 14.4. The van der Waals surface area contributed by atoms with Crippen LogP contribution in [0.5, 0.6) is 17.4 Å². The summed E-state index contributed by atoms with van der Waals surface area (Å²) in [7, 11) is 3.56. The number of nitrogens with two attached hydrogens (primary N) is 1. The molecule has 220 valence electrons. The quantitative estimate of drug-likeness (QED) is 0.268. The summed E-state index contributed by atoms with van der Waals surface area (Å²) >= 11 is 0. The number of fused-ring (bicyclic) bond motifs is 1. The van der Waals surface area contributed by atoms with Crippen LogP contribution in [0.15, 0.2) is 55.4 Å². The normalized spacial score (nSPS) is 15.9. The predicted molar refractivity (Wildman–Crippen MR) is 166 cm³/mol. The van der Waals surface area contributed by atoms with Gasteiger partial charge in [-0.2, -0.15) is 0 Å². The van der Waals surface area contributed by atoms with Gasteiger partial charge in [0.1, 0.15) is 23.5 Å². The van der Waals surface area contributed by atoms with Gasteiger partial charge in [0.25, 0.3) is 0 Å². The van der Waals surface area contributed by atoms with Crippen LogP contribution in [0.1, 0.15) is 24.2 Å². The van der Waals surface area contributed by atoms with Gasteiger partial charge in [0.2, 0.25) is 11.8 Å². The van der Waals surface area contributed by atoms with Crippen LogP contribution >= 0.6 is 0 Å². The molecule has 0 spiro atoms. The highest BCUT2D eigenvalue weighted by Crippen LogP contribution is 2.40. The van der Waals surface area contributed by atoms with E-state index in [4.69, 9.17) is 15.2 Å². The third-order valence-electron chi connectivity index (χ3n) is 8.30. The molecule has 0 aliphatic carbocycles. The van der Waals surface area contributed by atoms with Gasteiger partial charge in [0.05, 0.1) is 12.5 Å². The minimum Gasteiger partial charge on any atom is -0.493 e. The van der Waals surface area contributed by atoms with Crippen molar-refractivity contribution in [2.75, 3.05) is 39.0 Å². The Morgan fingerprint density at radius 2 is 1.93 bits per heavy atom. The number of nitrogen functional groups attached to an aromatic ring is 1. The molecule has 3 aromatic heterocycles. The molecule has 2 aliphatic rings. The molecule has 10 heteroatoms. The van der Waals surface area contributed by atoms with E-state index in [1.807, 2.05) is 59.8 Å². The van der Waals surface area contributed by atoms with Gasteiger partial charge in [-0.3, -0.25) is 9.69 Å². The van der Waals surface area contributed by atoms with E-state index in [0.29, 0.717) is 34.9 Å². The number of piperidine rings is 1. The fraction of sp³-hybridized carbons (Fsp3) is 0.333. The number of hydrogen-bond donors (Lipinski definition) is 1. The smallest absolute Gasteiger partial charge is 0.245 e. The van der Waals surface area contributed by atoms with Crippen molar-refractivity contribution in [2.45, 2.75) is 25.8 Å². The monoisotopic (exact) mass is 577 g/mol. The van der Waals surface area contributed by atoms with Gasteiger partial charge in [0, 0.05) is 62.5 Å². The van der Waals surface area contributed by atoms with Crippen LogP contribution < -0.4 is 15.2 Å². The lowest BCUT2D eigenvalue weighted by Crippen LogP contribution is -2.55. The van der Waals surface area contributed by atoms with Crippen LogP contribution in [0.25, 0.3) is 22.2 Å². The average Bonchev–Trinajstić information content (AvgIpc) is 3.28. The van der Waals surface area contributed by atoms with Crippen LogP contribution in [0.3, 0.4) is 0 Å². The fourth-order valence-electron chi connectivity index (χ4n) is 5.95. The Morgan fingerprint density at radius 3 is 2.65 bits per heavy atom. The molecule has 5 heterocycles. The lowest BCUT2D eigenvalue weighted by atomic mass is 9.93. The number of aromatic nitrogens is 4. The lowest BCUT2D eigenvalue weighted by Gasteiger charge is -2.45. The second-order valence-electron chi connectivity index (χ2n) is 11.0. The van der Waals surface area contributed by atoms with E-state index in [9.17, 15) is 4.79 Å². The van der Waals surface area contributed by atoms with E-state index in [-0.39, 0.29) is 11.8 Å². The Hall–Kier alpha value is -4.88. The second kappa shape index (κ2) is 11.8. The third-order valence-corrected chi connectivity index (χ3v) is 8.30. The zero-order chi connectivity index (χ0) is 30.1. The first-order chi connectivity index (χ1) is 20.9. The van der Waals surface area contributed by atoms with Gasteiger partial charge in [-0.05, 0) is 55.5 Å². The zero-order valence-electron chi connectivity index (χ0n) is 24.7. The molecule has 2 fully saturated rings. The molecular formula is C33H35N7O3. The number of nitrogens with zero attached hydrogens (tertiary/aromatic N) is 6. The van der Waals surface area contributed by atoms with E-state index in [1.165, 1.54) is 12.4 Å². The van der Waals surface area contributed by atoms with Crippen LogP contribution in [0, 0.1) is 24.7 Å². The van der Waals surface area contributed by atoms with Crippen LogP contribution in [0.4, 0.5) is 5.82 Å². The Morgan fingerprint density at radius 1 is 1.14 bits per heavy atom. The summed E-state index contributed by atoms with van der Waals surface area (Å²) in [5.74, 6) is 9.24. The first-order valence-electron chi connectivity index (χ1n) is 14.4. The van der Waals surface area contributed by atoms with Crippen LogP contribution in [0.2, 0.25) is 0 Å². The van der Waals surface area contributed by atoms with Gasteiger partial charge >= 0.3 is 0 Å². The summed E-state index contributed by atoms with van der Waals surface area (Å²) in [6, 6.07) is 11.9. The summed E-state index contributed by atoms with van der Waals surface area (Å²) in [6.45, 7) is 8.91. The number of methoxy groups -OCH3 is 1. The number of anilines is 1. The van der Waals surface area contributed by atoms with Gasteiger partial charge in [-0.25, -0.2) is 15.0 Å². The van der Waals surface area contributed by atoms with E-state index < -0.39 is 0 Å². The molecule has 2 N–H and O–H groups in total. The van der Waals surface area contributed by atoms with Crippen molar-refractivity contribution < 1.29 is 14.3 Å². The maximum atomic E-state index is 11.9. The Bertz CT molecular complexity index is 1760. The lowest BCUT2D eigenvalue weighted by molar-refractivity contribution is -0.127. The first kappa shape index (κ1) is 28.2. The Kier molecular flexibility index (Phi) is 7.74. The number of amides is 1. The molecule has 43 heavy (non-hydrogen) atoms. The summed E-state index contributed by atoms with van der Waals surface area (Å²) in [4.78, 5) is 29.5. The van der Waals surface area contributed by atoms with E-state index >= 15 is 0 Å². The van der Waals surface area contributed by atoms with E-state index in [1.54, 1.807) is 7.11 Å². The highest BCUT2D eigenvalue weighted by atomic mass is 16.5. The highest BCUT2D eigenvalue weighted by molar-refractivity contribution is 6.03. The second-order valence-corrected chi connectivity index (χ2v) is 11.0. The minimum absolute atomic E-state index is 0.0185. The van der Waals surface area contributed by atoms with Gasteiger partial charge < -0.3 is 24.7 Å². The van der Waals surface area contributed by atoms with Crippen molar-refractivity contribution in [2.24, 2.45) is 13.0 Å². The summed E-state index contributed by atoms with van der Waals surface area (Å²) in [6.07, 6.45) is 4.83. The average molecular weight is 578 g/mol. The molecule has 10 nitrogen and oxygen atoms in total. The third kappa shape index (κ3) is 5.51. The molecule has 1 aromatic carbocycles. The number of benzene rings is 1. The van der Waals surface area contributed by atoms with Gasteiger partial charge in [0.15, 0.2) is 11.5 Å². The predicted octanol–water partition coefficient (Wildman–Crippen LogP) is 4.18. The number of rotatable bonds is 6. The van der Waals surface area contributed by atoms with E-state index in [2.05, 4.69) is 38.3 Å². The van der Waals surface area contributed by atoms with Crippen molar-refractivity contribution in [3.63, 3.8) is 0 Å². The number of pyridine rings is 1. The number of aryl methyl sites for hydroxylation is 2. The molecule has 2 aliphatic heterocycles. The molecule has 0 unspecified atom stereocenters. The van der Waals surface area contributed by atoms with E-state index in [0.717, 1.165) is 66.9 Å². The summed E-state index contributed by atoms with van der Waals surface area (Å²) in [5, 5.41) is 0.751. The largest absolute Gasteiger partial charge is 0.493 e.